The van der Waals surface area contributed by atoms with Gasteiger partial charge >= 0.3 is 5.97 Å². The van der Waals surface area contributed by atoms with Crippen LogP contribution in [0.5, 0.6) is 0 Å². The van der Waals surface area contributed by atoms with Crippen LogP contribution >= 0.6 is 21.6 Å². The molecule has 5 rings (SSSR count). The number of aromatic nitrogens is 1. The van der Waals surface area contributed by atoms with Gasteiger partial charge in [0.25, 0.3) is 0 Å². The highest BCUT2D eigenvalue weighted by atomic mass is 33.1. The number of H-pyrrole nitrogens is 1. The summed E-state index contributed by atoms with van der Waals surface area (Å²) in [6.07, 6.45) is 1.30. The number of carbonyl (C=O) groups excluding carboxylic acids is 8. The van der Waals surface area contributed by atoms with Crippen molar-refractivity contribution in [3.05, 3.63) is 65.9 Å². The lowest BCUT2D eigenvalue weighted by atomic mass is 10.0. The minimum Gasteiger partial charge on any atom is -0.481 e. The summed E-state index contributed by atoms with van der Waals surface area (Å²) in [7, 11) is 4.22. The number of carboxylic acid groups (broad SMARTS) is 1. The fourth-order valence-electron chi connectivity index (χ4n) is 6.60. The molecule has 2 aromatic carbocycles. The molecule has 1 aromatic heterocycles. The number of carboxylic acids is 1. The van der Waals surface area contributed by atoms with Gasteiger partial charge in [0.2, 0.25) is 41.4 Å². The molecule has 2 saturated heterocycles. The van der Waals surface area contributed by atoms with Gasteiger partial charge in [0.1, 0.15) is 42.3 Å². The van der Waals surface area contributed by atoms with Crippen LogP contribution in [0, 0.1) is 5.41 Å². The number of para-hydroxylation sites is 1. The summed E-state index contributed by atoms with van der Waals surface area (Å²) in [6, 6.07) is 8.13. The number of amidine groups is 1. The molecule has 5 atom stereocenters. The minimum absolute atomic E-state index is 0.0371. The highest BCUT2D eigenvalue weighted by Gasteiger charge is 2.40. The van der Waals surface area contributed by atoms with Gasteiger partial charge in [-0.25, -0.2) is 0 Å². The third-order valence-corrected chi connectivity index (χ3v) is 12.3. The average molecular weight is 910 g/mol. The van der Waals surface area contributed by atoms with Crippen molar-refractivity contribution in [2.24, 2.45) is 11.5 Å². The van der Waals surface area contributed by atoms with Crippen LogP contribution in [0.1, 0.15) is 43.2 Å². The largest absolute Gasteiger partial charge is 0.481 e. The second-order valence-corrected chi connectivity index (χ2v) is 17.0. The van der Waals surface area contributed by atoms with Gasteiger partial charge in [0, 0.05) is 72.7 Å². The number of aromatic amines is 1. The van der Waals surface area contributed by atoms with E-state index in [1.807, 2.05) is 49.5 Å². The molecule has 3 aromatic rings. The molecular weight excluding hydrogens is 859 g/mol. The molecule has 0 spiro atoms. The Morgan fingerprint density at radius 2 is 1.62 bits per heavy atom. The van der Waals surface area contributed by atoms with E-state index < -0.39 is 96.9 Å². The molecule has 13 N–H and O–H groups in total. The molecule has 21 nitrogen and oxygen atoms in total. The number of nitrogens with one attached hydrogen (secondary N) is 8. The minimum atomic E-state index is -1.70. The molecule has 3 heterocycles. The number of fused-ring (bicyclic) bond motifs is 2. The molecule has 2 aliphatic heterocycles. The van der Waals surface area contributed by atoms with Gasteiger partial charge in [-0.2, -0.15) is 0 Å². The maximum Gasteiger partial charge on any atom is 0.305 e. The fourth-order valence-corrected chi connectivity index (χ4v) is 8.77. The summed E-state index contributed by atoms with van der Waals surface area (Å²) in [5.74, 6) is -6.63. The van der Waals surface area contributed by atoms with Gasteiger partial charge in [-0.15, -0.1) is 0 Å². The molecular formula is C40H51N11O10S2. The van der Waals surface area contributed by atoms with Crippen LogP contribution in [0.25, 0.3) is 10.9 Å². The van der Waals surface area contributed by atoms with E-state index in [0.717, 1.165) is 32.9 Å². The van der Waals surface area contributed by atoms with E-state index in [4.69, 9.17) is 16.9 Å². The number of hydrogen-bond acceptors (Lipinski definition) is 13. The van der Waals surface area contributed by atoms with Crippen LogP contribution in [0.2, 0.25) is 0 Å². The number of rotatable bonds is 9. The SMILES string of the molecule is CNc1ccc(C(=N)N)cc1.NC(=O)C1CSSCCC(=O)NC(CC=O)C(=O)NCC(=O)NC(CC(=O)O)C(=O)N[C@@H](Cc2c[nH]c3ccccc23)C(=O)N2CCCC2C(=O)N1. The summed E-state index contributed by atoms with van der Waals surface area (Å²) in [5.41, 5.74) is 14.0. The summed E-state index contributed by atoms with van der Waals surface area (Å²) < 4.78 is 0. The van der Waals surface area contributed by atoms with E-state index in [0.29, 0.717) is 18.3 Å². The summed E-state index contributed by atoms with van der Waals surface area (Å²) in [6.45, 7) is -0.589. The topological polar surface area (TPSA) is 341 Å². The highest BCUT2D eigenvalue weighted by Crippen LogP contribution is 2.25. The number of aldehydes is 1. The maximum absolute atomic E-state index is 14.2. The molecule has 2 fully saturated rings. The Labute approximate surface area is 369 Å². The third-order valence-electron chi connectivity index (χ3n) is 9.86. The van der Waals surface area contributed by atoms with Gasteiger partial charge in [0.15, 0.2) is 0 Å². The first-order valence-electron chi connectivity index (χ1n) is 19.8. The second kappa shape index (κ2) is 24.1. The van der Waals surface area contributed by atoms with Crippen molar-refractivity contribution < 1.29 is 48.3 Å². The number of carbonyl (C=O) groups is 9. The number of benzene rings is 2. The van der Waals surface area contributed by atoms with Crippen molar-refractivity contribution in [1.29, 1.82) is 5.41 Å². The lowest BCUT2D eigenvalue weighted by Gasteiger charge is -2.30. The Morgan fingerprint density at radius 1 is 0.905 bits per heavy atom. The number of anilines is 1. The first kappa shape index (κ1) is 49.0. The number of aliphatic carboxylic acids is 1. The van der Waals surface area contributed by atoms with Crippen LogP contribution in [0.3, 0.4) is 0 Å². The first-order valence-corrected chi connectivity index (χ1v) is 22.2. The number of primary amides is 1. The maximum atomic E-state index is 14.2. The normalized spacial score (nSPS) is 22.1. The molecule has 338 valence electrons. The Balaban J connectivity index is 0.000000688. The van der Waals surface area contributed by atoms with Gasteiger partial charge < -0.3 is 63.2 Å². The number of nitrogens with zero attached hydrogens (tertiary/aromatic N) is 1. The van der Waals surface area contributed by atoms with Crippen molar-refractivity contribution in [2.75, 3.05) is 37.0 Å². The lowest BCUT2D eigenvalue weighted by Crippen LogP contribution is -2.59. The molecule has 63 heavy (non-hydrogen) atoms. The molecule has 4 unspecified atom stereocenters. The van der Waals surface area contributed by atoms with E-state index in [1.165, 1.54) is 15.7 Å². The second-order valence-electron chi connectivity index (χ2n) is 14.3. The Morgan fingerprint density at radius 3 is 2.29 bits per heavy atom. The molecule has 23 heteroatoms. The van der Waals surface area contributed by atoms with Gasteiger partial charge in [0.05, 0.1) is 13.0 Å². The van der Waals surface area contributed by atoms with E-state index in [-0.39, 0.29) is 43.1 Å². The zero-order valence-corrected chi connectivity index (χ0v) is 35.9. The molecule has 0 bridgehead atoms. The van der Waals surface area contributed by atoms with Crippen molar-refractivity contribution in [1.82, 2.24) is 36.5 Å². The van der Waals surface area contributed by atoms with E-state index >= 15 is 0 Å². The summed E-state index contributed by atoms with van der Waals surface area (Å²) >= 11 is 0. The number of nitrogens with two attached hydrogens (primary N) is 2. The van der Waals surface area contributed by atoms with Gasteiger partial charge in [-0.05, 0) is 48.7 Å². The smallest absolute Gasteiger partial charge is 0.305 e. The lowest BCUT2D eigenvalue weighted by molar-refractivity contribution is -0.143. The molecule has 2 aliphatic rings. The number of amides is 7. The predicted octanol–water partition coefficient (Wildman–Crippen LogP) is -0.897. The van der Waals surface area contributed by atoms with Crippen LogP contribution in [0.4, 0.5) is 5.69 Å². The fraction of sp³-hybridized carbons (Fsp3) is 0.400. The molecule has 0 aliphatic carbocycles. The quantitative estimate of drug-likeness (QED) is 0.0537. The van der Waals surface area contributed by atoms with E-state index in [1.54, 1.807) is 12.3 Å². The van der Waals surface area contributed by atoms with E-state index in [2.05, 4.69) is 36.9 Å². The van der Waals surface area contributed by atoms with Crippen LogP contribution in [-0.2, 0) is 49.6 Å². The Kier molecular flexibility index (Phi) is 18.8. The van der Waals surface area contributed by atoms with Crippen molar-refractivity contribution >= 4 is 97.6 Å². The molecule has 0 saturated carbocycles. The zero-order chi connectivity index (χ0) is 46.1. The highest BCUT2D eigenvalue weighted by molar-refractivity contribution is 8.76. The van der Waals surface area contributed by atoms with Crippen LogP contribution in [-0.4, -0.2) is 136 Å². The Bertz CT molecular complexity index is 2170. The molecule has 0 radical (unpaired) electrons. The number of hydrogen-bond donors (Lipinski definition) is 11. The van der Waals surface area contributed by atoms with Crippen molar-refractivity contribution in [3.8, 4) is 0 Å². The summed E-state index contributed by atoms with van der Waals surface area (Å²) in [5, 5.41) is 32.5. The van der Waals surface area contributed by atoms with Gasteiger partial charge in [-0.1, -0.05) is 39.8 Å². The standard InChI is InChI=1S/C32H40N8O10S2.C8H11N3/c33-28(46)23-16-52-51-11-8-25(42)36-20(7-10-41)29(47)35-15-26(43)37-21(13-27(44)45)30(48)38-22(12-17-14-34-19-5-2-1-4-18(17)19)32(50)40-9-3-6-24(40)31(49)39-23;1-11-7-4-2-6(3-5-7)8(9)10/h1-2,4-5,10,14,20-24,34H,3,6-9,11-13,15-16H2,(H2,33,46)(H,35,47)(H,36,42)(H,37,43)(H,38,48)(H,39,49)(H,44,45);2-5,11H,1H3,(H3,9,10)/t20?,21?,22-,23?,24?;/m0./s1. The zero-order valence-electron chi connectivity index (χ0n) is 34.3. The van der Waals surface area contributed by atoms with Crippen molar-refractivity contribution in [3.63, 3.8) is 0 Å². The summed E-state index contributed by atoms with van der Waals surface area (Å²) in [4.78, 5) is 119. The van der Waals surface area contributed by atoms with Gasteiger partial charge in [-0.3, -0.25) is 43.8 Å². The Hall–Kier alpha value is -6.62. The van der Waals surface area contributed by atoms with Crippen LogP contribution < -0.4 is 43.4 Å². The molecule has 7 amide bonds. The third kappa shape index (κ3) is 14.8. The van der Waals surface area contributed by atoms with Crippen LogP contribution in [0.15, 0.2) is 54.7 Å². The van der Waals surface area contributed by atoms with Crippen molar-refractivity contribution in [2.45, 2.75) is 68.7 Å². The first-order chi connectivity index (χ1) is 30.1. The van der Waals surface area contributed by atoms with E-state index in [9.17, 15) is 48.3 Å². The monoisotopic (exact) mass is 909 g/mol. The average Bonchev–Trinajstić information content (AvgIpc) is 3.92. The number of nitrogen functional groups attached to an aromatic ring is 1. The predicted molar refractivity (Wildman–Crippen MR) is 236 cm³/mol.